The molecular formula is C16H22N2O2S. The molecule has 0 saturated carbocycles. The first-order valence-electron chi connectivity index (χ1n) is 7.28. The third-order valence-corrected chi connectivity index (χ3v) is 4.43. The standard InChI is InChI=1S/C16H22N2O2S/c1-3-4-8-20-9-7-18-16(19)15-14(17)12-6-5-11(2)10-13(12)21-15/h5-6,10H,3-4,7-9,17H2,1-2H3,(H,18,19). The lowest BCUT2D eigenvalue weighted by Gasteiger charge is -2.05. The maximum atomic E-state index is 12.2. The molecule has 4 nitrogen and oxygen atoms in total. The molecule has 0 fully saturated rings. The Morgan fingerprint density at radius 1 is 1.38 bits per heavy atom. The Kier molecular flexibility index (Phi) is 5.59. The molecule has 1 aromatic heterocycles. The fraction of sp³-hybridized carbons (Fsp3) is 0.438. The minimum Gasteiger partial charge on any atom is -0.397 e. The molecule has 1 aromatic carbocycles. The number of hydrogen-bond donors (Lipinski definition) is 2. The van der Waals surface area contributed by atoms with E-state index in [1.54, 1.807) is 0 Å². The van der Waals surface area contributed by atoms with Gasteiger partial charge in [0.1, 0.15) is 4.88 Å². The Bertz CT molecular complexity index is 622. The van der Waals surface area contributed by atoms with Crippen LogP contribution in [0.15, 0.2) is 18.2 Å². The van der Waals surface area contributed by atoms with Crippen molar-refractivity contribution in [2.75, 3.05) is 25.5 Å². The molecule has 0 unspecified atom stereocenters. The van der Waals surface area contributed by atoms with Crippen LogP contribution in [0.1, 0.15) is 35.0 Å². The van der Waals surface area contributed by atoms with Gasteiger partial charge in [0.05, 0.1) is 12.3 Å². The van der Waals surface area contributed by atoms with Gasteiger partial charge in [-0.25, -0.2) is 0 Å². The van der Waals surface area contributed by atoms with Crippen molar-refractivity contribution in [3.05, 3.63) is 28.6 Å². The first-order chi connectivity index (χ1) is 10.1. The number of thiophene rings is 1. The quantitative estimate of drug-likeness (QED) is 0.771. The number of unbranched alkanes of at least 4 members (excludes halogenated alkanes) is 1. The number of nitrogens with two attached hydrogens (primary N) is 1. The van der Waals surface area contributed by atoms with Gasteiger partial charge in [0, 0.05) is 23.2 Å². The van der Waals surface area contributed by atoms with E-state index in [2.05, 4.69) is 18.3 Å². The van der Waals surface area contributed by atoms with E-state index in [1.807, 2.05) is 19.1 Å². The molecule has 2 rings (SSSR count). The molecule has 0 atom stereocenters. The third-order valence-electron chi connectivity index (χ3n) is 3.26. The van der Waals surface area contributed by atoms with E-state index >= 15 is 0 Å². The van der Waals surface area contributed by atoms with Crippen LogP contribution in [0.25, 0.3) is 10.1 Å². The summed E-state index contributed by atoms with van der Waals surface area (Å²) in [5.41, 5.74) is 7.81. The third kappa shape index (κ3) is 3.95. The number of carbonyl (C=O) groups excluding carboxylic acids is 1. The first kappa shape index (κ1) is 15.8. The van der Waals surface area contributed by atoms with Crippen LogP contribution in [0, 0.1) is 6.92 Å². The van der Waals surface area contributed by atoms with Gasteiger partial charge in [-0.05, 0) is 25.0 Å². The van der Waals surface area contributed by atoms with Crippen LogP contribution in [0.2, 0.25) is 0 Å². The number of anilines is 1. The normalized spacial score (nSPS) is 11.0. The van der Waals surface area contributed by atoms with Crippen LogP contribution >= 0.6 is 11.3 Å². The Balaban J connectivity index is 1.95. The van der Waals surface area contributed by atoms with Crippen LogP contribution in [0.4, 0.5) is 5.69 Å². The largest absolute Gasteiger partial charge is 0.397 e. The topological polar surface area (TPSA) is 64.3 Å². The summed E-state index contributed by atoms with van der Waals surface area (Å²) in [5.74, 6) is -0.120. The molecule has 21 heavy (non-hydrogen) atoms. The van der Waals surface area contributed by atoms with Gasteiger partial charge in [0.25, 0.3) is 5.91 Å². The van der Waals surface area contributed by atoms with Gasteiger partial charge in [-0.3, -0.25) is 4.79 Å². The SMILES string of the molecule is CCCCOCCNC(=O)c1sc2cc(C)ccc2c1N. The van der Waals surface area contributed by atoms with E-state index in [1.165, 1.54) is 16.9 Å². The molecule has 114 valence electrons. The smallest absolute Gasteiger partial charge is 0.263 e. The van der Waals surface area contributed by atoms with Crippen LogP contribution in [0.3, 0.4) is 0 Å². The molecule has 1 heterocycles. The maximum absolute atomic E-state index is 12.2. The lowest BCUT2D eigenvalue weighted by atomic mass is 10.1. The zero-order chi connectivity index (χ0) is 15.2. The molecule has 0 aliphatic rings. The summed E-state index contributed by atoms with van der Waals surface area (Å²) >= 11 is 1.44. The molecule has 0 radical (unpaired) electrons. The van der Waals surface area contributed by atoms with Gasteiger partial charge in [0.15, 0.2) is 0 Å². The second-order valence-corrected chi connectivity index (χ2v) is 6.12. The molecule has 1 amide bonds. The predicted molar refractivity (Wildman–Crippen MR) is 89.0 cm³/mol. The number of fused-ring (bicyclic) bond motifs is 1. The highest BCUT2D eigenvalue weighted by molar-refractivity contribution is 7.21. The van der Waals surface area contributed by atoms with Crippen molar-refractivity contribution in [2.24, 2.45) is 0 Å². The molecule has 0 bridgehead atoms. The van der Waals surface area contributed by atoms with Gasteiger partial charge >= 0.3 is 0 Å². The maximum Gasteiger partial charge on any atom is 0.263 e. The monoisotopic (exact) mass is 306 g/mol. The Morgan fingerprint density at radius 3 is 2.95 bits per heavy atom. The summed E-state index contributed by atoms with van der Waals surface area (Å²) in [6, 6.07) is 6.04. The van der Waals surface area contributed by atoms with Gasteiger partial charge in [-0.2, -0.15) is 0 Å². The van der Waals surface area contributed by atoms with Crippen LogP contribution < -0.4 is 11.1 Å². The Morgan fingerprint density at radius 2 is 2.19 bits per heavy atom. The highest BCUT2D eigenvalue weighted by Gasteiger charge is 2.15. The Hall–Kier alpha value is -1.59. The molecule has 0 aliphatic carbocycles. The molecule has 0 aliphatic heterocycles. The minimum absolute atomic E-state index is 0.120. The summed E-state index contributed by atoms with van der Waals surface area (Å²) in [6.45, 7) is 5.95. The number of nitrogen functional groups attached to an aromatic ring is 1. The van der Waals surface area contributed by atoms with E-state index < -0.39 is 0 Å². The van der Waals surface area contributed by atoms with Crippen molar-refractivity contribution in [2.45, 2.75) is 26.7 Å². The lowest BCUT2D eigenvalue weighted by molar-refractivity contribution is 0.0917. The van der Waals surface area contributed by atoms with Crippen LogP contribution in [-0.2, 0) is 4.74 Å². The zero-order valence-electron chi connectivity index (χ0n) is 12.6. The zero-order valence-corrected chi connectivity index (χ0v) is 13.4. The van der Waals surface area contributed by atoms with Gasteiger partial charge in [-0.15, -0.1) is 11.3 Å². The summed E-state index contributed by atoms with van der Waals surface area (Å²) in [7, 11) is 0. The fourth-order valence-electron chi connectivity index (χ4n) is 2.06. The van der Waals surface area contributed by atoms with Crippen LogP contribution in [-0.4, -0.2) is 25.7 Å². The van der Waals surface area contributed by atoms with Gasteiger partial charge in [-0.1, -0.05) is 25.5 Å². The second kappa shape index (κ2) is 7.43. The number of carbonyl (C=O) groups is 1. The molecule has 2 aromatic rings. The summed E-state index contributed by atoms with van der Waals surface area (Å²) < 4.78 is 6.48. The van der Waals surface area contributed by atoms with Gasteiger partial charge < -0.3 is 15.8 Å². The van der Waals surface area contributed by atoms with Crippen molar-refractivity contribution in [1.29, 1.82) is 0 Å². The molecule has 0 saturated heterocycles. The highest BCUT2D eigenvalue weighted by Crippen LogP contribution is 2.33. The Labute approximate surface area is 129 Å². The number of aryl methyl sites for hydroxylation is 1. The molecule has 3 N–H and O–H groups in total. The predicted octanol–water partition coefficient (Wildman–Crippen LogP) is 3.34. The van der Waals surface area contributed by atoms with E-state index in [0.29, 0.717) is 23.7 Å². The van der Waals surface area contributed by atoms with E-state index in [-0.39, 0.29) is 5.91 Å². The van der Waals surface area contributed by atoms with Gasteiger partial charge in [0.2, 0.25) is 0 Å². The number of amides is 1. The van der Waals surface area contributed by atoms with Crippen molar-refractivity contribution >= 4 is 33.0 Å². The van der Waals surface area contributed by atoms with Crippen LogP contribution in [0.5, 0.6) is 0 Å². The average Bonchev–Trinajstić information content (AvgIpc) is 2.79. The molecule has 5 heteroatoms. The summed E-state index contributed by atoms with van der Waals surface area (Å²) in [4.78, 5) is 12.8. The van der Waals surface area contributed by atoms with E-state index in [9.17, 15) is 4.79 Å². The fourth-order valence-corrected chi connectivity index (χ4v) is 3.20. The number of hydrogen-bond acceptors (Lipinski definition) is 4. The summed E-state index contributed by atoms with van der Waals surface area (Å²) in [6.07, 6.45) is 2.17. The second-order valence-electron chi connectivity index (χ2n) is 5.07. The highest BCUT2D eigenvalue weighted by atomic mass is 32.1. The van der Waals surface area contributed by atoms with Crippen molar-refractivity contribution in [3.63, 3.8) is 0 Å². The van der Waals surface area contributed by atoms with E-state index in [0.717, 1.165) is 29.5 Å². The number of rotatable bonds is 7. The molecule has 0 spiro atoms. The lowest BCUT2D eigenvalue weighted by Crippen LogP contribution is -2.27. The van der Waals surface area contributed by atoms with Crippen molar-refractivity contribution in [3.8, 4) is 0 Å². The number of ether oxygens (including phenoxy) is 1. The van der Waals surface area contributed by atoms with Crippen molar-refractivity contribution in [1.82, 2.24) is 5.32 Å². The van der Waals surface area contributed by atoms with E-state index in [4.69, 9.17) is 10.5 Å². The summed E-state index contributed by atoms with van der Waals surface area (Å²) in [5, 5.41) is 3.81. The number of nitrogens with one attached hydrogen (secondary N) is 1. The first-order valence-corrected chi connectivity index (χ1v) is 8.09. The average molecular weight is 306 g/mol. The van der Waals surface area contributed by atoms with Crippen molar-refractivity contribution < 1.29 is 9.53 Å². The minimum atomic E-state index is -0.120. The molecular weight excluding hydrogens is 284 g/mol. The number of benzene rings is 1.